The molecule has 0 amide bonds. The van der Waals surface area contributed by atoms with Crippen LogP contribution in [-0.4, -0.2) is 5.78 Å². The van der Waals surface area contributed by atoms with Gasteiger partial charge in [0.15, 0.2) is 5.78 Å². The summed E-state index contributed by atoms with van der Waals surface area (Å²) in [5, 5.41) is 0. The number of halogens is 1. The molecule has 2 aromatic rings. The molecule has 0 bridgehead atoms. The van der Waals surface area contributed by atoms with Gasteiger partial charge in [-0.1, -0.05) is 88.0 Å². The van der Waals surface area contributed by atoms with Gasteiger partial charge in [0.1, 0.15) is 0 Å². The standard InChI is InChI=1S/C38H48BrO/c1-8-13-30-31(14-9-2)35(25(3)4)36(37(38(5,6)7)28-15-11-10-12-16-28)33(32(30)23-26-17-18-26)24-34(40)27-19-21-29(39)22-20-27/h2,8,19-22,25-26,28H,1,10-18,23-24H2,3-7H3. The number of carbonyl (C=O) groups is 1. The van der Waals surface area contributed by atoms with Gasteiger partial charge in [0, 0.05) is 28.8 Å². The van der Waals surface area contributed by atoms with Gasteiger partial charge in [-0.05, 0) is 107 Å². The number of rotatable bonds is 11. The Morgan fingerprint density at radius 3 is 2.20 bits per heavy atom. The van der Waals surface area contributed by atoms with Gasteiger partial charge in [0.2, 0.25) is 0 Å². The Bertz CT molecular complexity index is 1240. The molecule has 2 heteroatoms. The van der Waals surface area contributed by atoms with Crippen molar-refractivity contribution >= 4 is 21.7 Å². The van der Waals surface area contributed by atoms with Gasteiger partial charge in [-0.15, -0.1) is 18.9 Å². The summed E-state index contributed by atoms with van der Waals surface area (Å²) in [4.78, 5) is 14.1. The van der Waals surface area contributed by atoms with E-state index in [1.54, 1.807) is 5.92 Å². The first kappa shape index (κ1) is 30.8. The third-order valence-corrected chi connectivity index (χ3v) is 9.51. The highest BCUT2D eigenvalue weighted by molar-refractivity contribution is 9.10. The van der Waals surface area contributed by atoms with E-state index < -0.39 is 0 Å². The number of ketones is 1. The largest absolute Gasteiger partial charge is 0.294 e. The summed E-state index contributed by atoms with van der Waals surface area (Å²) in [6.45, 7) is 16.0. The van der Waals surface area contributed by atoms with E-state index in [-0.39, 0.29) is 11.2 Å². The summed E-state index contributed by atoms with van der Waals surface area (Å²) in [5.41, 5.74) is 8.93. The van der Waals surface area contributed by atoms with Crippen LogP contribution in [0.3, 0.4) is 0 Å². The topological polar surface area (TPSA) is 17.1 Å². The quantitative estimate of drug-likeness (QED) is 0.142. The molecule has 40 heavy (non-hydrogen) atoms. The number of carbonyl (C=O) groups excluding carboxylic acids is 1. The summed E-state index contributed by atoms with van der Waals surface area (Å²) in [6, 6.07) is 7.88. The minimum atomic E-state index is -0.00866. The van der Waals surface area contributed by atoms with Crippen LogP contribution in [0.25, 0.3) is 0 Å². The van der Waals surface area contributed by atoms with Crippen LogP contribution in [0.5, 0.6) is 0 Å². The highest BCUT2D eigenvalue weighted by Gasteiger charge is 2.40. The van der Waals surface area contributed by atoms with Crippen molar-refractivity contribution in [2.24, 2.45) is 17.3 Å². The second kappa shape index (κ2) is 13.2. The van der Waals surface area contributed by atoms with E-state index in [4.69, 9.17) is 6.42 Å². The molecule has 1 nitrogen and oxygen atoms in total. The molecule has 1 radical (unpaired) electrons. The van der Waals surface area contributed by atoms with Crippen LogP contribution in [0.4, 0.5) is 0 Å². The van der Waals surface area contributed by atoms with E-state index in [0.717, 1.165) is 22.9 Å². The van der Waals surface area contributed by atoms with Crippen LogP contribution >= 0.6 is 15.9 Å². The lowest BCUT2D eigenvalue weighted by Gasteiger charge is -2.43. The van der Waals surface area contributed by atoms with Crippen molar-refractivity contribution in [2.45, 2.75) is 111 Å². The predicted molar refractivity (Wildman–Crippen MR) is 174 cm³/mol. The molecule has 0 heterocycles. The Hall–Kier alpha value is -2.11. The SMILES string of the molecule is C#CCc1c(CC=C)c(CC2CC2)c(CC(=O)c2ccc(Br)cc2)c([C](C2CCCCC2)C(C)(C)C)c1C(C)C. The first-order valence-electron chi connectivity index (χ1n) is 15.5. The van der Waals surface area contributed by atoms with Crippen LogP contribution < -0.4 is 0 Å². The molecule has 2 aliphatic rings. The number of benzene rings is 2. The maximum atomic E-state index is 14.1. The van der Waals surface area contributed by atoms with E-state index >= 15 is 0 Å². The molecular weight excluding hydrogens is 552 g/mol. The Labute approximate surface area is 252 Å². The first-order chi connectivity index (χ1) is 19.1. The smallest absolute Gasteiger partial charge is 0.167 e. The summed E-state index contributed by atoms with van der Waals surface area (Å²) in [7, 11) is 0. The fraction of sp³-hybridized carbons (Fsp3) is 0.526. The number of allylic oxidation sites excluding steroid dienone is 1. The molecule has 2 fully saturated rings. The van der Waals surface area contributed by atoms with Crippen LogP contribution in [0.2, 0.25) is 0 Å². The highest BCUT2D eigenvalue weighted by atomic mass is 79.9. The van der Waals surface area contributed by atoms with Gasteiger partial charge in [-0.2, -0.15) is 0 Å². The highest BCUT2D eigenvalue weighted by Crippen LogP contribution is 2.51. The van der Waals surface area contributed by atoms with Gasteiger partial charge in [-0.25, -0.2) is 0 Å². The van der Waals surface area contributed by atoms with Gasteiger partial charge in [-0.3, -0.25) is 4.79 Å². The maximum absolute atomic E-state index is 14.1. The molecular formula is C38H48BrO. The van der Waals surface area contributed by atoms with Gasteiger partial charge in [0.05, 0.1) is 0 Å². The number of terminal acetylenes is 1. The maximum Gasteiger partial charge on any atom is 0.167 e. The second-order valence-corrected chi connectivity index (χ2v) is 14.4. The molecule has 0 saturated heterocycles. The van der Waals surface area contributed by atoms with Crippen LogP contribution in [0, 0.1) is 35.5 Å². The Kier molecular flexibility index (Phi) is 10.2. The van der Waals surface area contributed by atoms with Crippen molar-refractivity contribution in [3.05, 3.63) is 86.3 Å². The molecule has 2 aliphatic carbocycles. The molecule has 0 aliphatic heterocycles. The number of hydrogen-bond acceptors (Lipinski definition) is 1. The Morgan fingerprint density at radius 1 is 1.02 bits per heavy atom. The van der Waals surface area contributed by atoms with Crippen molar-refractivity contribution in [3.8, 4) is 12.3 Å². The monoisotopic (exact) mass is 599 g/mol. The molecule has 0 unspecified atom stereocenters. The van der Waals surface area contributed by atoms with Crippen molar-refractivity contribution in [1.82, 2.24) is 0 Å². The summed E-state index contributed by atoms with van der Waals surface area (Å²) in [6.07, 6.45) is 19.9. The van der Waals surface area contributed by atoms with Crippen LogP contribution in [0.1, 0.15) is 129 Å². The molecule has 0 atom stereocenters. The van der Waals surface area contributed by atoms with Crippen molar-refractivity contribution in [1.29, 1.82) is 0 Å². The van der Waals surface area contributed by atoms with Gasteiger partial charge >= 0.3 is 0 Å². The molecule has 4 rings (SSSR count). The van der Waals surface area contributed by atoms with E-state index in [2.05, 4.69) is 63.0 Å². The second-order valence-electron chi connectivity index (χ2n) is 13.5. The van der Waals surface area contributed by atoms with Crippen molar-refractivity contribution < 1.29 is 4.79 Å². The predicted octanol–water partition coefficient (Wildman–Crippen LogP) is 10.4. The number of hydrogen-bond donors (Lipinski definition) is 0. The normalized spacial score (nSPS) is 16.4. The Morgan fingerprint density at radius 2 is 1.68 bits per heavy atom. The third kappa shape index (κ3) is 7.02. The van der Waals surface area contributed by atoms with E-state index in [9.17, 15) is 4.79 Å². The molecule has 0 aromatic heterocycles. The zero-order valence-corrected chi connectivity index (χ0v) is 27.1. The lowest BCUT2D eigenvalue weighted by atomic mass is 9.61. The number of Topliss-reactive ketones (excluding diaryl/α,β-unsaturated/α-hetero) is 1. The molecule has 2 saturated carbocycles. The van der Waals surface area contributed by atoms with Crippen LogP contribution in [-0.2, 0) is 25.7 Å². The first-order valence-corrected chi connectivity index (χ1v) is 16.3. The van der Waals surface area contributed by atoms with Crippen molar-refractivity contribution in [2.75, 3.05) is 0 Å². The molecule has 2 aromatic carbocycles. The average Bonchev–Trinajstić information content (AvgIpc) is 3.72. The summed E-state index contributed by atoms with van der Waals surface area (Å²) >= 11 is 3.54. The minimum Gasteiger partial charge on any atom is -0.294 e. The summed E-state index contributed by atoms with van der Waals surface area (Å²) in [5.74, 6) is 6.36. The fourth-order valence-corrected chi connectivity index (χ4v) is 7.43. The van der Waals surface area contributed by atoms with Gasteiger partial charge < -0.3 is 0 Å². The van der Waals surface area contributed by atoms with E-state index in [1.807, 2.05) is 30.3 Å². The molecule has 213 valence electrons. The molecule has 0 spiro atoms. The third-order valence-electron chi connectivity index (χ3n) is 8.98. The van der Waals surface area contributed by atoms with E-state index in [1.165, 1.54) is 78.3 Å². The zero-order valence-electron chi connectivity index (χ0n) is 25.5. The van der Waals surface area contributed by atoms with Crippen molar-refractivity contribution in [3.63, 3.8) is 0 Å². The van der Waals surface area contributed by atoms with Gasteiger partial charge in [0.25, 0.3) is 0 Å². The minimum absolute atomic E-state index is 0.00866. The fourth-order valence-electron chi connectivity index (χ4n) is 7.16. The zero-order chi connectivity index (χ0) is 29.0. The lowest BCUT2D eigenvalue weighted by Crippen LogP contribution is -2.32. The average molecular weight is 601 g/mol. The summed E-state index contributed by atoms with van der Waals surface area (Å²) < 4.78 is 0.994. The van der Waals surface area contributed by atoms with E-state index in [0.29, 0.717) is 30.6 Å². The lowest BCUT2D eigenvalue weighted by molar-refractivity contribution is 0.0992. The van der Waals surface area contributed by atoms with Crippen LogP contribution in [0.15, 0.2) is 41.4 Å². The Balaban J connectivity index is 2.07. The molecule has 0 N–H and O–H groups in total.